The second-order valence-electron chi connectivity index (χ2n) is 6.84. The molecule has 0 spiro atoms. The number of amides is 2. The average molecular weight is 343 g/mol. The molecule has 0 aliphatic carbocycles. The van der Waals surface area contributed by atoms with E-state index in [0.29, 0.717) is 25.4 Å². The van der Waals surface area contributed by atoms with Crippen molar-refractivity contribution in [1.29, 1.82) is 5.26 Å². The van der Waals surface area contributed by atoms with Crippen LogP contribution in [0.5, 0.6) is 5.75 Å². The van der Waals surface area contributed by atoms with Gasteiger partial charge in [0.2, 0.25) is 11.8 Å². The molecule has 1 saturated heterocycles. The van der Waals surface area contributed by atoms with Gasteiger partial charge in [-0.15, -0.1) is 0 Å². The van der Waals surface area contributed by atoms with Crippen molar-refractivity contribution in [1.82, 2.24) is 10.2 Å². The van der Waals surface area contributed by atoms with Crippen LogP contribution in [0.3, 0.4) is 0 Å². The number of hydrogen-bond acceptors (Lipinski definition) is 4. The minimum absolute atomic E-state index is 0.0339. The third-order valence-electron chi connectivity index (χ3n) is 4.30. The maximum absolute atomic E-state index is 12.4. The van der Waals surface area contributed by atoms with Crippen LogP contribution in [0.15, 0.2) is 24.3 Å². The number of ether oxygens (including phenoxy) is 1. The van der Waals surface area contributed by atoms with Crippen LogP contribution in [-0.2, 0) is 16.1 Å². The Bertz CT molecular complexity index is 649. The molecule has 0 unspecified atom stereocenters. The summed E-state index contributed by atoms with van der Waals surface area (Å²) in [6, 6.07) is 9.14. The molecule has 1 aromatic carbocycles. The van der Waals surface area contributed by atoms with Crippen LogP contribution in [0.4, 0.5) is 0 Å². The number of carbonyl (C=O) groups excluding carboxylic acids is 2. The predicted molar refractivity (Wildman–Crippen MR) is 93.5 cm³/mol. The summed E-state index contributed by atoms with van der Waals surface area (Å²) in [6.07, 6.45) is 0.806. The lowest BCUT2D eigenvalue weighted by Gasteiger charge is -2.18. The monoisotopic (exact) mass is 343 g/mol. The van der Waals surface area contributed by atoms with Gasteiger partial charge in [-0.25, -0.2) is 0 Å². The van der Waals surface area contributed by atoms with Gasteiger partial charge >= 0.3 is 0 Å². The van der Waals surface area contributed by atoms with Gasteiger partial charge in [0.1, 0.15) is 11.8 Å². The standard InChI is InChI=1S/C19H25N3O3/c1-13(2)8-16(10-20)21-19(24)15-9-18(23)22(12-15)11-14-4-6-17(25-3)7-5-14/h4-7,13,15-16H,8-9,11-12H2,1-3H3,(H,21,24)/t15-,16+/m0/s1. The molecule has 1 aliphatic rings. The molecular weight excluding hydrogens is 318 g/mol. The topological polar surface area (TPSA) is 82.4 Å². The molecule has 1 fully saturated rings. The average Bonchev–Trinajstić information content (AvgIpc) is 2.95. The van der Waals surface area contributed by atoms with Gasteiger partial charge in [-0.3, -0.25) is 9.59 Å². The number of likely N-dealkylation sites (tertiary alicyclic amines) is 1. The summed E-state index contributed by atoms with van der Waals surface area (Å²) in [4.78, 5) is 26.3. The Morgan fingerprint density at radius 1 is 1.40 bits per heavy atom. The van der Waals surface area contributed by atoms with Crippen molar-refractivity contribution in [3.63, 3.8) is 0 Å². The molecule has 0 aromatic heterocycles. The fourth-order valence-electron chi connectivity index (χ4n) is 2.96. The molecule has 1 aliphatic heterocycles. The van der Waals surface area contributed by atoms with Gasteiger partial charge in [-0.05, 0) is 30.0 Å². The number of nitriles is 1. The van der Waals surface area contributed by atoms with Gasteiger partial charge in [0, 0.05) is 19.5 Å². The lowest BCUT2D eigenvalue weighted by atomic mass is 10.0. The van der Waals surface area contributed by atoms with Crippen molar-refractivity contribution in [2.24, 2.45) is 11.8 Å². The molecule has 2 amide bonds. The Morgan fingerprint density at radius 3 is 2.64 bits per heavy atom. The summed E-state index contributed by atoms with van der Waals surface area (Å²) >= 11 is 0. The van der Waals surface area contributed by atoms with Gasteiger partial charge in [-0.2, -0.15) is 5.26 Å². The largest absolute Gasteiger partial charge is 0.497 e. The number of benzene rings is 1. The molecule has 1 heterocycles. The lowest BCUT2D eigenvalue weighted by molar-refractivity contribution is -0.129. The van der Waals surface area contributed by atoms with Crippen molar-refractivity contribution in [2.45, 2.75) is 39.3 Å². The van der Waals surface area contributed by atoms with Crippen molar-refractivity contribution in [3.05, 3.63) is 29.8 Å². The van der Waals surface area contributed by atoms with Crippen molar-refractivity contribution < 1.29 is 14.3 Å². The minimum atomic E-state index is -0.502. The zero-order valence-electron chi connectivity index (χ0n) is 15.0. The van der Waals surface area contributed by atoms with E-state index >= 15 is 0 Å². The Hall–Kier alpha value is -2.55. The van der Waals surface area contributed by atoms with E-state index in [0.717, 1.165) is 11.3 Å². The number of carbonyl (C=O) groups is 2. The number of hydrogen-bond donors (Lipinski definition) is 1. The molecule has 0 saturated carbocycles. The SMILES string of the molecule is COc1ccc(CN2C[C@@H](C(=O)N[C@@H](C#N)CC(C)C)CC2=O)cc1. The molecule has 0 bridgehead atoms. The first-order valence-electron chi connectivity index (χ1n) is 8.53. The van der Waals surface area contributed by atoms with Gasteiger partial charge in [0.25, 0.3) is 0 Å². The lowest BCUT2D eigenvalue weighted by Crippen LogP contribution is -2.39. The first-order valence-corrected chi connectivity index (χ1v) is 8.53. The summed E-state index contributed by atoms with van der Waals surface area (Å²) < 4.78 is 5.12. The van der Waals surface area contributed by atoms with Crippen LogP contribution in [0.2, 0.25) is 0 Å². The van der Waals surface area contributed by atoms with E-state index in [4.69, 9.17) is 10.00 Å². The number of methoxy groups -OCH3 is 1. The summed E-state index contributed by atoms with van der Waals surface area (Å²) in [5.41, 5.74) is 0.991. The van der Waals surface area contributed by atoms with Crippen LogP contribution in [-0.4, -0.2) is 36.4 Å². The zero-order valence-corrected chi connectivity index (χ0v) is 15.0. The summed E-state index contributed by atoms with van der Waals surface area (Å²) in [5, 5.41) is 11.9. The number of nitrogens with zero attached hydrogens (tertiary/aromatic N) is 2. The van der Waals surface area contributed by atoms with Crippen molar-refractivity contribution in [2.75, 3.05) is 13.7 Å². The molecule has 25 heavy (non-hydrogen) atoms. The molecule has 1 aromatic rings. The second-order valence-corrected chi connectivity index (χ2v) is 6.84. The molecule has 6 heteroatoms. The van der Waals surface area contributed by atoms with E-state index in [9.17, 15) is 9.59 Å². The van der Waals surface area contributed by atoms with E-state index in [1.54, 1.807) is 12.0 Å². The smallest absolute Gasteiger partial charge is 0.226 e. The first kappa shape index (κ1) is 18.8. The Kier molecular flexibility index (Phi) is 6.40. The molecule has 2 rings (SSSR count). The van der Waals surface area contributed by atoms with Gasteiger partial charge in [0.05, 0.1) is 19.1 Å². The zero-order chi connectivity index (χ0) is 18.4. The maximum atomic E-state index is 12.4. The number of rotatable bonds is 7. The molecule has 2 atom stereocenters. The fourth-order valence-corrected chi connectivity index (χ4v) is 2.96. The number of nitrogens with one attached hydrogen (secondary N) is 1. The quantitative estimate of drug-likeness (QED) is 0.822. The highest BCUT2D eigenvalue weighted by molar-refractivity contribution is 5.89. The van der Waals surface area contributed by atoms with Crippen molar-refractivity contribution >= 4 is 11.8 Å². The third-order valence-corrected chi connectivity index (χ3v) is 4.30. The van der Waals surface area contributed by atoms with E-state index in [1.165, 1.54) is 0 Å². The minimum Gasteiger partial charge on any atom is -0.497 e. The highest BCUT2D eigenvalue weighted by Crippen LogP contribution is 2.22. The van der Waals surface area contributed by atoms with Crippen LogP contribution in [0.25, 0.3) is 0 Å². The maximum Gasteiger partial charge on any atom is 0.226 e. The normalized spacial score (nSPS) is 18.1. The molecule has 0 radical (unpaired) electrons. The van der Waals surface area contributed by atoms with Crippen LogP contribution in [0.1, 0.15) is 32.3 Å². The highest BCUT2D eigenvalue weighted by atomic mass is 16.5. The van der Waals surface area contributed by atoms with Gasteiger partial charge in [-0.1, -0.05) is 26.0 Å². The van der Waals surface area contributed by atoms with E-state index in [2.05, 4.69) is 11.4 Å². The third kappa shape index (κ3) is 5.21. The summed E-state index contributed by atoms with van der Waals surface area (Å²) in [6.45, 7) is 4.87. The van der Waals surface area contributed by atoms with Crippen LogP contribution < -0.4 is 10.1 Å². The highest BCUT2D eigenvalue weighted by Gasteiger charge is 2.35. The summed E-state index contributed by atoms with van der Waals surface area (Å²) in [5.74, 6) is 0.447. The van der Waals surface area contributed by atoms with Crippen LogP contribution >= 0.6 is 0 Å². The predicted octanol–water partition coefficient (Wildman–Crippen LogP) is 2.10. The van der Waals surface area contributed by atoms with E-state index < -0.39 is 12.0 Å². The Morgan fingerprint density at radius 2 is 2.08 bits per heavy atom. The Labute approximate surface area is 148 Å². The van der Waals surface area contributed by atoms with Crippen molar-refractivity contribution in [3.8, 4) is 11.8 Å². The first-order chi connectivity index (χ1) is 11.9. The molecule has 6 nitrogen and oxygen atoms in total. The molecule has 134 valence electrons. The van der Waals surface area contributed by atoms with E-state index in [-0.39, 0.29) is 18.2 Å². The van der Waals surface area contributed by atoms with Gasteiger partial charge in [0.15, 0.2) is 0 Å². The summed E-state index contributed by atoms with van der Waals surface area (Å²) in [7, 11) is 1.61. The Balaban J connectivity index is 1.92. The molecule has 1 N–H and O–H groups in total. The van der Waals surface area contributed by atoms with E-state index in [1.807, 2.05) is 38.1 Å². The van der Waals surface area contributed by atoms with Crippen LogP contribution in [0, 0.1) is 23.2 Å². The second kappa shape index (κ2) is 8.52. The fraction of sp³-hybridized carbons (Fsp3) is 0.526. The molecular formula is C19H25N3O3. The van der Waals surface area contributed by atoms with Gasteiger partial charge < -0.3 is 15.0 Å².